The first-order chi connectivity index (χ1) is 8.58. The Hall–Kier alpha value is -1.26. The van der Waals surface area contributed by atoms with E-state index in [1.54, 1.807) is 0 Å². The average molecular weight is 256 g/mol. The number of aliphatic carboxylic acids is 1. The number of hydrogen-bond donors (Lipinski definition) is 3. The molecule has 1 unspecified atom stereocenters. The largest absolute Gasteiger partial charge is 0.481 e. The number of hydrogen-bond acceptors (Lipinski definition) is 2. The fourth-order valence-electron chi connectivity index (χ4n) is 2.33. The van der Waals surface area contributed by atoms with Gasteiger partial charge in [-0.3, -0.25) is 4.79 Å². The van der Waals surface area contributed by atoms with Crippen LogP contribution in [0.1, 0.15) is 58.3 Å². The molecular weight excluding hydrogens is 232 g/mol. The summed E-state index contributed by atoms with van der Waals surface area (Å²) in [4.78, 5) is 22.0. The van der Waals surface area contributed by atoms with E-state index in [1.807, 2.05) is 6.92 Å². The van der Waals surface area contributed by atoms with Crippen molar-refractivity contribution in [3.05, 3.63) is 0 Å². The number of carbonyl (C=O) groups excluding carboxylic acids is 1. The van der Waals surface area contributed by atoms with Crippen LogP contribution in [0.3, 0.4) is 0 Å². The summed E-state index contributed by atoms with van der Waals surface area (Å²) >= 11 is 0. The zero-order chi connectivity index (χ0) is 13.4. The molecule has 0 aromatic heterocycles. The second-order valence-corrected chi connectivity index (χ2v) is 5.14. The first-order valence-corrected chi connectivity index (χ1v) is 6.86. The molecule has 3 N–H and O–H groups in total. The predicted octanol–water partition coefficient (Wildman–Crippen LogP) is 2.26. The van der Waals surface area contributed by atoms with Gasteiger partial charge in [-0.15, -0.1) is 0 Å². The number of carboxylic acid groups (broad SMARTS) is 1. The fraction of sp³-hybridized carbons (Fsp3) is 0.846. The summed E-state index contributed by atoms with van der Waals surface area (Å²) in [7, 11) is 0. The molecule has 1 aliphatic carbocycles. The fourth-order valence-corrected chi connectivity index (χ4v) is 2.33. The van der Waals surface area contributed by atoms with Crippen LogP contribution in [-0.4, -0.2) is 29.2 Å². The highest BCUT2D eigenvalue weighted by atomic mass is 16.4. The topological polar surface area (TPSA) is 78.4 Å². The summed E-state index contributed by atoms with van der Waals surface area (Å²) in [6, 6.07) is 0.211. The summed E-state index contributed by atoms with van der Waals surface area (Å²) < 4.78 is 0. The number of rotatable bonds is 6. The van der Waals surface area contributed by atoms with Crippen LogP contribution < -0.4 is 10.6 Å². The van der Waals surface area contributed by atoms with Crippen molar-refractivity contribution >= 4 is 12.0 Å². The minimum absolute atomic E-state index is 0.0212. The lowest BCUT2D eigenvalue weighted by Gasteiger charge is -2.24. The average Bonchev–Trinajstić information content (AvgIpc) is 2.29. The number of carbonyl (C=O) groups is 2. The van der Waals surface area contributed by atoms with Crippen LogP contribution >= 0.6 is 0 Å². The standard InChI is InChI=1S/C13H24N2O3/c1-10(6-5-9-12(16)17)14-13(18)15-11-7-3-2-4-8-11/h10-11H,2-9H2,1H3,(H,16,17)(H2,14,15,18). The van der Waals surface area contributed by atoms with Crippen molar-refractivity contribution in [2.45, 2.75) is 70.4 Å². The number of carboxylic acids is 1. The predicted molar refractivity (Wildman–Crippen MR) is 69.5 cm³/mol. The van der Waals surface area contributed by atoms with Crippen molar-refractivity contribution in [3.63, 3.8) is 0 Å². The van der Waals surface area contributed by atoms with Crippen molar-refractivity contribution in [1.29, 1.82) is 0 Å². The second-order valence-electron chi connectivity index (χ2n) is 5.14. The van der Waals surface area contributed by atoms with E-state index in [0.717, 1.165) is 12.8 Å². The van der Waals surface area contributed by atoms with Gasteiger partial charge in [0.15, 0.2) is 0 Å². The first-order valence-electron chi connectivity index (χ1n) is 6.86. The van der Waals surface area contributed by atoms with Crippen LogP contribution in [0.25, 0.3) is 0 Å². The molecule has 0 aromatic carbocycles. The van der Waals surface area contributed by atoms with Gasteiger partial charge in [-0.2, -0.15) is 0 Å². The lowest BCUT2D eigenvalue weighted by molar-refractivity contribution is -0.137. The van der Waals surface area contributed by atoms with E-state index < -0.39 is 5.97 Å². The molecule has 2 amide bonds. The molecule has 5 heteroatoms. The first kappa shape index (κ1) is 14.8. The monoisotopic (exact) mass is 256 g/mol. The molecule has 1 atom stereocenters. The van der Waals surface area contributed by atoms with Crippen LogP contribution in [0.15, 0.2) is 0 Å². The van der Waals surface area contributed by atoms with Gasteiger partial charge in [0.2, 0.25) is 0 Å². The third kappa shape index (κ3) is 6.47. The van der Waals surface area contributed by atoms with Gasteiger partial charge in [-0.25, -0.2) is 4.79 Å². The van der Waals surface area contributed by atoms with Crippen LogP contribution in [0.5, 0.6) is 0 Å². The van der Waals surface area contributed by atoms with Gasteiger partial charge < -0.3 is 15.7 Å². The van der Waals surface area contributed by atoms with Crippen molar-refractivity contribution in [2.24, 2.45) is 0 Å². The summed E-state index contributed by atoms with van der Waals surface area (Å²) in [5, 5.41) is 14.4. The molecule has 0 aliphatic heterocycles. The Morgan fingerprint density at radius 1 is 1.28 bits per heavy atom. The van der Waals surface area contributed by atoms with E-state index in [0.29, 0.717) is 18.9 Å². The molecule has 0 saturated heterocycles. The highest BCUT2D eigenvalue weighted by molar-refractivity contribution is 5.74. The molecule has 1 rings (SSSR count). The summed E-state index contributed by atoms with van der Waals surface area (Å²) in [6.07, 6.45) is 7.26. The van der Waals surface area contributed by atoms with Gasteiger partial charge in [0.1, 0.15) is 0 Å². The summed E-state index contributed by atoms with van der Waals surface area (Å²) in [5.41, 5.74) is 0. The maximum atomic E-state index is 11.7. The molecule has 0 bridgehead atoms. The number of amides is 2. The van der Waals surface area contributed by atoms with E-state index in [2.05, 4.69) is 10.6 Å². The third-order valence-corrected chi connectivity index (χ3v) is 3.35. The van der Waals surface area contributed by atoms with Crippen LogP contribution in [-0.2, 0) is 4.79 Å². The minimum Gasteiger partial charge on any atom is -0.481 e. The molecule has 104 valence electrons. The maximum Gasteiger partial charge on any atom is 0.315 e. The smallest absolute Gasteiger partial charge is 0.315 e. The molecule has 0 heterocycles. The van der Waals surface area contributed by atoms with E-state index in [1.165, 1.54) is 19.3 Å². The molecule has 5 nitrogen and oxygen atoms in total. The second kappa shape index (κ2) is 7.95. The van der Waals surface area contributed by atoms with Crippen molar-refractivity contribution in [2.75, 3.05) is 0 Å². The van der Waals surface area contributed by atoms with Gasteiger partial charge in [-0.1, -0.05) is 19.3 Å². The molecular formula is C13H24N2O3. The number of nitrogens with one attached hydrogen (secondary N) is 2. The molecule has 1 saturated carbocycles. The molecule has 0 spiro atoms. The molecule has 0 aromatic rings. The van der Waals surface area contributed by atoms with Crippen molar-refractivity contribution in [3.8, 4) is 0 Å². The Morgan fingerprint density at radius 2 is 1.94 bits per heavy atom. The molecule has 0 radical (unpaired) electrons. The van der Waals surface area contributed by atoms with Gasteiger partial charge in [0, 0.05) is 18.5 Å². The third-order valence-electron chi connectivity index (χ3n) is 3.35. The molecule has 18 heavy (non-hydrogen) atoms. The minimum atomic E-state index is -0.783. The van der Waals surface area contributed by atoms with Crippen molar-refractivity contribution in [1.82, 2.24) is 10.6 Å². The Bertz CT molecular complexity index is 275. The van der Waals surface area contributed by atoms with E-state index >= 15 is 0 Å². The highest BCUT2D eigenvalue weighted by Crippen LogP contribution is 2.17. The lowest BCUT2D eigenvalue weighted by Crippen LogP contribution is -2.46. The zero-order valence-corrected chi connectivity index (χ0v) is 11.1. The maximum absolute atomic E-state index is 11.7. The Kier molecular flexibility index (Phi) is 6.54. The lowest BCUT2D eigenvalue weighted by atomic mass is 9.96. The Morgan fingerprint density at radius 3 is 2.56 bits per heavy atom. The van der Waals surface area contributed by atoms with Gasteiger partial charge in [-0.05, 0) is 32.6 Å². The number of urea groups is 1. The normalized spacial score (nSPS) is 18.1. The van der Waals surface area contributed by atoms with Crippen molar-refractivity contribution < 1.29 is 14.7 Å². The van der Waals surface area contributed by atoms with E-state index in [-0.39, 0.29) is 18.5 Å². The Balaban J connectivity index is 2.12. The summed E-state index contributed by atoms with van der Waals surface area (Å²) in [6.45, 7) is 1.91. The van der Waals surface area contributed by atoms with Crippen LogP contribution in [0, 0.1) is 0 Å². The van der Waals surface area contributed by atoms with Gasteiger partial charge in [0.25, 0.3) is 0 Å². The zero-order valence-electron chi connectivity index (χ0n) is 11.1. The Labute approximate surface area is 108 Å². The van der Waals surface area contributed by atoms with Crippen LogP contribution in [0.4, 0.5) is 4.79 Å². The highest BCUT2D eigenvalue weighted by Gasteiger charge is 2.16. The van der Waals surface area contributed by atoms with Gasteiger partial charge >= 0.3 is 12.0 Å². The van der Waals surface area contributed by atoms with E-state index in [4.69, 9.17) is 5.11 Å². The SMILES string of the molecule is CC(CCCC(=O)O)NC(=O)NC1CCCCC1. The molecule has 1 fully saturated rings. The quantitative estimate of drug-likeness (QED) is 0.682. The van der Waals surface area contributed by atoms with E-state index in [9.17, 15) is 9.59 Å². The van der Waals surface area contributed by atoms with Crippen LogP contribution in [0.2, 0.25) is 0 Å². The molecule has 1 aliphatic rings. The summed E-state index contributed by atoms with van der Waals surface area (Å²) in [5.74, 6) is -0.783. The van der Waals surface area contributed by atoms with Gasteiger partial charge in [0.05, 0.1) is 0 Å².